The maximum atomic E-state index is 13.7. The van der Waals surface area contributed by atoms with Gasteiger partial charge in [0.2, 0.25) is 15.9 Å². The van der Waals surface area contributed by atoms with Crippen LogP contribution in [0, 0.1) is 5.82 Å². The molecule has 6 nitrogen and oxygen atoms in total. The number of anilines is 1. The molecule has 1 aliphatic heterocycles. The van der Waals surface area contributed by atoms with Crippen molar-refractivity contribution in [1.82, 2.24) is 9.62 Å². The lowest BCUT2D eigenvalue weighted by atomic mass is 10.2. The fourth-order valence-electron chi connectivity index (χ4n) is 2.91. The molecule has 0 saturated carbocycles. The van der Waals surface area contributed by atoms with Crippen molar-refractivity contribution in [2.24, 2.45) is 0 Å². The molecule has 1 N–H and O–H groups in total. The number of piperazine rings is 1. The SMILES string of the molecule is O=C(CNS(=O)(=O)c1ccccc1F)N1CCN(c2ccccc2Cl)CC1. The predicted octanol–water partition coefficient (Wildman–Crippen LogP) is 2.11. The van der Waals surface area contributed by atoms with Crippen molar-refractivity contribution in [3.8, 4) is 0 Å². The van der Waals surface area contributed by atoms with E-state index < -0.39 is 27.3 Å². The molecule has 1 aliphatic rings. The highest BCUT2D eigenvalue weighted by molar-refractivity contribution is 7.89. The van der Waals surface area contributed by atoms with Gasteiger partial charge in [-0.25, -0.2) is 17.5 Å². The zero-order valence-electron chi connectivity index (χ0n) is 14.4. The summed E-state index contributed by atoms with van der Waals surface area (Å²) in [6.45, 7) is 1.67. The molecule has 0 spiro atoms. The number of nitrogens with one attached hydrogen (secondary N) is 1. The van der Waals surface area contributed by atoms with Gasteiger partial charge in [-0.2, -0.15) is 0 Å². The van der Waals surface area contributed by atoms with Crippen LogP contribution in [-0.4, -0.2) is 51.9 Å². The molecule has 0 atom stereocenters. The van der Waals surface area contributed by atoms with E-state index in [4.69, 9.17) is 11.6 Å². The van der Waals surface area contributed by atoms with Gasteiger partial charge < -0.3 is 9.80 Å². The highest BCUT2D eigenvalue weighted by Crippen LogP contribution is 2.26. The number of carbonyl (C=O) groups excluding carboxylic acids is 1. The molecule has 1 amide bonds. The highest BCUT2D eigenvalue weighted by atomic mass is 35.5. The molecule has 0 aliphatic carbocycles. The maximum absolute atomic E-state index is 13.7. The van der Waals surface area contributed by atoms with Crippen molar-refractivity contribution < 1.29 is 17.6 Å². The maximum Gasteiger partial charge on any atom is 0.243 e. The molecule has 3 rings (SSSR count). The fourth-order valence-corrected chi connectivity index (χ4v) is 4.22. The quantitative estimate of drug-likeness (QED) is 0.818. The van der Waals surface area contributed by atoms with Crippen LogP contribution in [0.4, 0.5) is 10.1 Å². The Morgan fingerprint density at radius 3 is 2.33 bits per heavy atom. The lowest BCUT2D eigenvalue weighted by Crippen LogP contribution is -2.51. The molecule has 2 aromatic carbocycles. The van der Waals surface area contributed by atoms with E-state index in [0.29, 0.717) is 31.2 Å². The van der Waals surface area contributed by atoms with Crippen LogP contribution in [0.5, 0.6) is 0 Å². The Kier molecular flexibility index (Phi) is 5.98. The van der Waals surface area contributed by atoms with Crippen LogP contribution in [0.3, 0.4) is 0 Å². The minimum absolute atomic E-state index is 0.353. The van der Waals surface area contributed by atoms with Crippen LogP contribution in [0.15, 0.2) is 53.4 Å². The van der Waals surface area contributed by atoms with Crippen LogP contribution in [0.2, 0.25) is 5.02 Å². The highest BCUT2D eigenvalue weighted by Gasteiger charge is 2.24. The molecule has 9 heteroatoms. The van der Waals surface area contributed by atoms with Gasteiger partial charge in [0.15, 0.2) is 0 Å². The van der Waals surface area contributed by atoms with Crippen LogP contribution < -0.4 is 9.62 Å². The Labute approximate surface area is 162 Å². The van der Waals surface area contributed by atoms with E-state index in [2.05, 4.69) is 9.62 Å². The zero-order valence-corrected chi connectivity index (χ0v) is 16.0. The number of para-hydroxylation sites is 1. The minimum atomic E-state index is -4.08. The average Bonchev–Trinajstić information content (AvgIpc) is 2.67. The van der Waals surface area contributed by atoms with Crippen LogP contribution >= 0.6 is 11.6 Å². The van der Waals surface area contributed by atoms with Crippen LogP contribution in [-0.2, 0) is 14.8 Å². The van der Waals surface area contributed by atoms with Crippen LogP contribution in [0.25, 0.3) is 0 Å². The number of sulfonamides is 1. The van der Waals surface area contributed by atoms with Crippen molar-refractivity contribution in [1.29, 1.82) is 0 Å². The van der Waals surface area contributed by atoms with Crippen molar-refractivity contribution in [3.63, 3.8) is 0 Å². The third-order valence-corrected chi connectivity index (χ3v) is 6.12. The Hall–Kier alpha value is -2.16. The summed E-state index contributed by atoms with van der Waals surface area (Å²) in [6.07, 6.45) is 0. The monoisotopic (exact) mass is 411 g/mol. The number of halogens is 2. The second kappa shape index (κ2) is 8.24. The third-order valence-electron chi connectivity index (χ3n) is 4.37. The summed E-state index contributed by atoms with van der Waals surface area (Å²) >= 11 is 6.20. The van der Waals surface area contributed by atoms with Gasteiger partial charge in [0.25, 0.3) is 0 Å². The standard InChI is InChI=1S/C18H19ClFN3O3S/c19-14-5-1-3-7-16(14)22-9-11-23(12-10-22)18(24)13-21-27(25,26)17-8-4-2-6-15(17)20/h1-8,21H,9-13H2. The lowest BCUT2D eigenvalue weighted by Gasteiger charge is -2.36. The van der Waals surface area contributed by atoms with E-state index in [1.807, 2.05) is 24.3 Å². The Bertz CT molecular complexity index is 931. The lowest BCUT2D eigenvalue weighted by molar-refractivity contribution is -0.130. The topological polar surface area (TPSA) is 69.7 Å². The number of carbonyl (C=O) groups is 1. The molecule has 0 aromatic heterocycles. The number of rotatable bonds is 5. The molecule has 27 heavy (non-hydrogen) atoms. The Morgan fingerprint density at radius 2 is 1.67 bits per heavy atom. The van der Waals surface area contributed by atoms with Crippen LogP contribution in [0.1, 0.15) is 0 Å². The summed E-state index contributed by atoms with van der Waals surface area (Å²) < 4.78 is 40.2. The second-order valence-corrected chi connectivity index (χ2v) is 8.22. The van der Waals surface area contributed by atoms with Gasteiger partial charge in [0.05, 0.1) is 17.3 Å². The van der Waals surface area contributed by atoms with Crippen molar-refractivity contribution in [2.75, 3.05) is 37.6 Å². The Balaban J connectivity index is 1.56. The summed E-state index contributed by atoms with van der Waals surface area (Å²) in [5.74, 6) is -1.21. The van der Waals surface area contributed by atoms with Gasteiger partial charge in [0, 0.05) is 26.2 Å². The van der Waals surface area contributed by atoms with Gasteiger partial charge in [-0.3, -0.25) is 4.79 Å². The Morgan fingerprint density at radius 1 is 1.04 bits per heavy atom. The van der Waals surface area contributed by atoms with E-state index >= 15 is 0 Å². The third kappa shape index (κ3) is 4.58. The molecule has 0 radical (unpaired) electrons. The first-order valence-corrected chi connectivity index (χ1v) is 10.3. The summed E-state index contributed by atoms with van der Waals surface area (Å²) in [5.41, 5.74) is 0.909. The number of hydrogen-bond donors (Lipinski definition) is 1. The number of amides is 1. The molecule has 0 unspecified atom stereocenters. The smallest absolute Gasteiger partial charge is 0.243 e. The molecular formula is C18H19ClFN3O3S. The van der Waals surface area contributed by atoms with E-state index in [1.54, 1.807) is 4.90 Å². The van der Waals surface area contributed by atoms with Gasteiger partial charge in [0.1, 0.15) is 10.7 Å². The van der Waals surface area contributed by atoms with Gasteiger partial charge in [-0.05, 0) is 24.3 Å². The molecule has 1 saturated heterocycles. The number of nitrogens with zero attached hydrogens (tertiary/aromatic N) is 2. The molecule has 2 aromatic rings. The summed E-state index contributed by atoms with van der Waals surface area (Å²) in [6, 6.07) is 12.5. The second-order valence-electron chi connectivity index (χ2n) is 6.07. The zero-order chi connectivity index (χ0) is 19.4. The first kappa shape index (κ1) is 19.6. The predicted molar refractivity (Wildman–Crippen MR) is 102 cm³/mol. The average molecular weight is 412 g/mol. The molecule has 0 bridgehead atoms. The van der Waals surface area contributed by atoms with Crippen molar-refractivity contribution in [2.45, 2.75) is 4.90 Å². The number of benzene rings is 2. The fraction of sp³-hybridized carbons (Fsp3) is 0.278. The minimum Gasteiger partial charge on any atom is -0.367 e. The van der Waals surface area contributed by atoms with E-state index in [0.717, 1.165) is 17.8 Å². The van der Waals surface area contributed by atoms with E-state index in [1.165, 1.54) is 12.1 Å². The molecule has 1 heterocycles. The summed E-state index contributed by atoms with van der Waals surface area (Å²) in [7, 11) is -4.08. The molecular weight excluding hydrogens is 393 g/mol. The van der Waals surface area contributed by atoms with Crippen molar-refractivity contribution >= 4 is 33.2 Å². The van der Waals surface area contributed by atoms with E-state index in [9.17, 15) is 17.6 Å². The van der Waals surface area contributed by atoms with Crippen molar-refractivity contribution in [3.05, 3.63) is 59.4 Å². The molecule has 1 fully saturated rings. The number of hydrogen-bond acceptors (Lipinski definition) is 4. The first-order valence-electron chi connectivity index (χ1n) is 8.40. The normalized spacial score (nSPS) is 15.0. The summed E-state index contributed by atoms with van der Waals surface area (Å²) in [5, 5.41) is 0.648. The molecule has 144 valence electrons. The van der Waals surface area contributed by atoms with E-state index in [-0.39, 0.29) is 5.91 Å². The largest absolute Gasteiger partial charge is 0.367 e. The summed E-state index contributed by atoms with van der Waals surface area (Å²) in [4.78, 5) is 15.5. The first-order chi connectivity index (χ1) is 12.9. The van der Waals surface area contributed by atoms with Gasteiger partial charge >= 0.3 is 0 Å². The van der Waals surface area contributed by atoms with Gasteiger partial charge in [-0.15, -0.1) is 0 Å². The van der Waals surface area contributed by atoms with Gasteiger partial charge in [-0.1, -0.05) is 35.9 Å².